The lowest BCUT2D eigenvalue weighted by molar-refractivity contribution is -0.220. The Balaban J connectivity index is 2.82. The molecule has 1 unspecified atom stereocenters. The number of phosphoric acid groups is 1. The van der Waals surface area contributed by atoms with Gasteiger partial charge in [0.05, 0.1) is 13.2 Å². The van der Waals surface area contributed by atoms with E-state index in [4.69, 9.17) is 20.6 Å². The van der Waals surface area contributed by atoms with E-state index in [1.54, 1.807) is 0 Å². The van der Waals surface area contributed by atoms with Crippen LogP contribution in [-0.4, -0.2) is 91.7 Å². The number of aliphatic hydroxyl groups is 7. The zero-order chi connectivity index (χ0) is 17.1. The summed E-state index contributed by atoms with van der Waals surface area (Å²) in [6, 6.07) is 0. The van der Waals surface area contributed by atoms with Gasteiger partial charge in [-0.1, -0.05) is 0 Å². The second-order valence-corrected chi connectivity index (χ2v) is 6.28. The Labute approximate surface area is 124 Å². The SMILES string of the molecule is NOP(=O)(OC[C@H](O)CO)O[C@@H]1[C@@H](O)[C@H](O)[C@@H](O)[C@H](O)[C@@H]1O. The van der Waals surface area contributed by atoms with E-state index in [1.165, 1.54) is 0 Å². The molecule has 13 heteroatoms. The van der Waals surface area contributed by atoms with E-state index in [2.05, 4.69) is 9.15 Å². The lowest BCUT2D eigenvalue weighted by Gasteiger charge is -2.41. The van der Waals surface area contributed by atoms with Crippen LogP contribution in [0.1, 0.15) is 0 Å². The fraction of sp³-hybridized carbons (Fsp3) is 1.00. The first-order valence-corrected chi connectivity index (χ1v) is 7.63. The molecule has 0 aromatic rings. The van der Waals surface area contributed by atoms with Gasteiger partial charge in [-0.15, -0.1) is 0 Å². The molecule has 0 aliphatic heterocycles. The first-order valence-electron chi connectivity index (χ1n) is 6.17. The summed E-state index contributed by atoms with van der Waals surface area (Å²) in [5, 5.41) is 65.5. The van der Waals surface area contributed by atoms with E-state index < -0.39 is 63.8 Å². The highest BCUT2D eigenvalue weighted by Gasteiger charge is 2.51. The minimum absolute atomic E-state index is 0.711. The van der Waals surface area contributed by atoms with Gasteiger partial charge in [-0.3, -0.25) is 9.05 Å². The number of phosphoric ester groups is 1. The van der Waals surface area contributed by atoms with Crippen molar-refractivity contribution >= 4 is 7.82 Å². The predicted molar refractivity (Wildman–Crippen MR) is 66.8 cm³/mol. The highest BCUT2D eigenvalue weighted by molar-refractivity contribution is 7.48. The molecule has 0 aromatic heterocycles. The van der Waals surface area contributed by atoms with Gasteiger partial charge < -0.3 is 35.7 Å². The number of rotatable bonds is 7. The molecule has 0 bridgehead atoms. The highest BCUT2D eigenvalue weighted by atomic mass is 31.2. The lowest BCUT2D eigenvalue weighted by atomic mass is 9.85. The fourth-order valence-corrected chi connectivity index (χ4v) is 2.86. The maximum absolute atomic E-state index is 12.0. The molecule has 0 aromatic carbocycles. The van der Waals surface area contributed by atoms with Crippen LogP contribution in [0.5, 0.6) is 0 Å². The van der Waals surface area contributed by atoms with Gasteiger partial charge in [0.1, 0.15) is 42.7 Å². The van der Waals surface area contributed by atoms with Gasteiger partial charge in [0.25, 0.3) is 0 Å². The molecule has 0 heterocycles. The molecule has 1 aliphatic carbocycles. The Morgan fingerprint density at radius 1 is 1.00 bits per heavy atom. The van der Waals surface area contributed by atoms with Gasteiger partial charge >= 0.3 is 7.82 Å². The molecule has 8 atom stereocenters. The summed E-state index contributed by atoms with van der Waals surface area (Å²) >= 11 is 0. The van der Waals surface area contributed by atoms with Crippen LogP contribution in [-0.2, 0) is 18.2 Å². The van der Waals surface area contributed by atoms with Gasteiger partial charge in [0.2, 0.25) is 0 Å². The molecular formula is C9H20NO11P. The van der Waals surface area contributed by atoms with E-state index in [9.17, 15) is 30.1 Å². The Bertz CT molecular complexity index is 382. The average Bonchev–Trinajstić information content (AvgIpc) is 2.52. The Morgan fingerprint density at radius 2 is 1.45 bits per heavy atom. The van der Waals surface area contributed by atoms with Gasteiger partial charge in [-0.2, -0.15) is 0 Å². The maximum Gasteiger partial charge on any atom is 0.491 e. The predicted octanol–water partition coefficient (Wildman–Crippen LogP) is -4.44. The molecule has 12 nitrogen and oxygen atoms in total. The highest BCUT2D eigenvalue weighted by Crippen LogP contribution is 2.50. The molecule has 22 heavy (non-hydrogen) atoms. The number of hydrogen-bond acceptors (Lipinski definition) is 12. The lowest BCUT2D eigenvalue weighted by Crippen LogP contribution is -2.64. The minimum atomic E-state index is -4.60. The maximum atomic E-state index is 12.0. The molecule has 0 radical (unpaired) electrons. The van der Waals surface area contributed by atoms with Crippen molar-refractivity contribution in [2.75, 3.05) is 13.2 Å². The minimum Gasteiger partial charge on any atom is -0.394 e. The molecule has 1 rings (SSSR count). The number of nitrogens with two attached hydrogens (primary N) is 1. The van der Waals surface area contributed by atoms with Crippen molar-refractivity contribution in [1.29, 1.82) is 0 Å². The van der Waals surface area contributed by atoms with Gasteiger partial charge in [0.15, 0.2) is 0 Å². The zero-order valence-corrected chi connectivity index (χ0v) is 12.1. The monoisotopic (exact) mass is 349 g/mol. The van der Waals surface area contributed by atoms with Crippen LogP contribution in [0.4, 0.5) is 0 Å². The molecule has 0 saturated heterocycles. The molecule has 1 saturated carbocycles. The van der Waals surface area contributed by atoms with Crippen LogP contribution >= 0.6 is 7.82 Å². The second-order valence-electron chi connectivity index (χ2n) is 4.71. The van der Waals surface area contributed by atoms with E-state index in [0.29, 0.717) is 0 Å². The first-order chi connectivity index (χ1) is 10.2. The quantitative estimate of drug-likeness (QED) is 0.161. The topological polar surface area (TPSA) is 212 Å². The van der Waals surface area contributed by atoms with Crippen molar-refractivity contribution < 1.29 is 54.0 Å². The van der Waals surface area contributed by atoms with Crippen LogP contribution < -0.4 is 5.90 Å². The van der Waals surface area contributed by atoms with Crippen LogP contribution in [0.25, 0.3) is 0 Å². The van der Waals surface area contributed by atoms with Crippen molar-refractivity contribution in [3.8, 4) is 0 Å². The second kappa shape index (κ2) is 8.06. The zero-order valence-electron chi connectivity index (χ0n) is 11.2. The molecule has 0 amide bonds. The van der Waals surface area contributed by atoms with Crippen LogP contribution in [0.3, 0.4) is 0 Å². The molecular weight excluding hydrogens is 329 g/mol. The summed E-state index contributed by atoms with van der Waals surface area (Å²) in [5.74, 6) is 4.74. The summed E-state index contributed by atoms with van der Waals surface area (Å²) in [6.07, 6.45) is -12.8. The Hall–Kier alpha value is -0.210. The molecule has 1 fully saturated rings. The average molecular weight is 349 g/mol. The molecule has 132 valence electrons. The van der Waals surface area contributed by atoms with Gasteiger partial charge in [-0.25, -0.2) is 15.1 Å². The largest absolute Gasteiger partial charge is 0.491 e. The summed E-state index contributed by atoms with van der Waals surface area (Å²) < 4.78 is 25.3. The summed E-state index contributed by atoms with van der Waals surface area (Å²) in [4.78, 5) is 0. The Kier molecular flexibility index (Phi) is 7.26. The van der Waals surface area contributed by atoms with Crippen molar-refractivity contribution in [2.24, 2.45) is 5.90 Å². The van der Waals surface area contributed by atoms with Crippen molar-refractivity contribution in [1.82, 2.24) is 0 Å². The number of aliphatic hydroxyl groups excluding tert-OH is 7. The number of hydrogen-bond donors (Lipinski definition) is 8. The van der Waals surface area contributed by atoms with Gasteiger partial charge in [-0.05, 0) is 0 Å². The normalized spacial score (nSPS) is 40.2. The van der Waals surface area contributed by atoms with Crippen molar-refractivity contribution in [3.05, 3.63) is 0 Å². The first kappa shape index (κ1) is 19.8. The third kappa shape index (κ3) is 4.41. The summed E-state index contributed by atoms with van der Waals surface area (Å²) in [7, 11) is -4.60. The van der Waals surface area contributed by atoms with Crippen molar-refractivity contribution in [3.63, 3.8) is 0 Å². The van der Waals surface area contributed by atoms with E-state index in [0.717, 1.165) is 0 Å². The fourth-order valence-electron chi connectivity index (χ4n) is 1.79. The third-order valence-electron chi connectivity index (χ3n) is 3.09. The van der Waals surface area contributed by atoms with Crippen LogP contribution in [0, 0.1) is 0 Å². The van der Waals surface area contributed by atoms with Gasteiger partial charge in [0, 0.05) is 0 Å². The molecule has 9 N–H and O–H groups in total. The van der Waals surface area contributed by atoms with E-state index >= 15 is 0 Å². The smallest absolute Gasteiger partial charge is 0.394 e. The summed E-state index contributed by atoms with van der Waals surface area (Å²) in [5.41, 5.74) is 0. The Morgan fingerprint density at radius 3 is 1.86 bits per heavy atom. The molecule has 0 spiro atoms. The summed E-state index contributed by atoms with van der Waals surface area (Å²) in [6.45, 7) is -1.43. The van der Waals surface area contributed by atoms with Crippen LogP contribution in [0.2, 0.25) is 0 Å². The van der Waals surface area contributed by atoms with Crippen LogP contribution in [0.15, 0.2) is 0 Å². The standard InChI is InChI=1S/C9H20NO11P/c10-21-22(18,19-2-3(12)1-11)20-9-7(16)5(14)4(13)6(15)8(9)17/h3-9,11-17H,1-2,10H2/t3-,4-,5-,6+,7+,8+,9-,22?/m1/s1. The van der Waals surface area contributed by atoms with Crippen molar-refractivity contribution in [2.45, 2.75) is 42.7 Å². The van der Waals surface area contributed by atoms with E-state index in [-0.39, 0.29) is 0 Å². The molecule has 1 aliphatic rings. The van der Waals surface area contributed by atoms with E-state index in [1.807, 2.05) is 0 Å². The third-order valence-corrected chi connectivity index (χ3v) is 4.31.